The molecule has 1 aromatic rings. The van der Waals surface area contributed by atoms with Crippen molar-refractivity contribution in [2.75, 3.05) is 13.7 Å². The molecule has 0 bridgehead atoms. The normalized spacial score (nSPS) is 21.7. The Labute approximate surface area is 122 Å². The Morgan fingerprint density at radius 1 is 1.28 bits per heavy atom. The van der Waals surface area contributed by atoms with E-state index in [2.05, 4.69) is 0 Å². The Hall–Kier alpha value is -0.150. The maximum atomic E-state index is 6.45. The minimum atomic E-state index is -0.277. The first-order chi connectivity index (χ1) is 8.63. The summed E-state index contributed by atoms with van der Waals surface area (Å²) in [5.41, 5.74) is 0.802. The number of alkyl halides is 1. The number of halogens is 3. The first-order valence-corrected chi connectivity index (χ1v) is 7.11. The zero-order valence-electron chi connectivity index (χ0n) is 10.1. The van der Waals surface area contributed by atoms with Gasteiger partial charge in [0.05, 0.1) is 23.6 Å². The van der Waals surface area contributed by atoms with Gasteiger partial charge in [0.1, 0.15) is 5.75 Å². The summed E-state index contributed by atoms with van der Waals surface area (Å²) in [5, 5.41) is 0.796. The lowest BCUT2D eigenvalue weighted by atomic mass is 10.0. The van der Waals surface area contributed by atoms with Gasteiger partial charge in [0.25, 0.3) is 0 Å². The number of rotatable bonds is 3. The number of methoxy groups -OCH3 is 1. The van der Waals surface area contributed by atoms with Crippen LogP contribution in [-0.2, 0) is 4.74 Å². The van der Waals surface area contributed by atoms with Gasteiger partial charge in [0, 0.05) is 17.7 Å². The smallest absolute Gasteiger partial charge is 0.138 e. The van der Waals surface area contributed by atoms with Crippen LogP contribution >= 0.6 is 34.8 Å². The van der Waals surface area contributed by atoms with Gasteiger partial charge >= 0.3 is 0 Å². The van der Waals surface area contributed by atoms with Crippen molar-refractivity contribution in [1.29, 1.82) is 0 Å². The van der Waals surface area contributed by atoms with Crippen LogP contribution in [0.2, 0.25) is 10.0 Å². The van der Waals surface area contributed by atoms with Crippen LogP contribution in [-0.4, -0.2) is 19.8 Å². The van der Waals surface area contributed by atoms with E-state index in [0.717, 1.165) is 31.4 Å². The first-order valence-electron chi connectivity index (χ1n) is 5.92. The number of hydrogen-bond donors (Lipinski definition) is 0. The van der Waals surface area contributed by atoms with E-state index in [-0.39, 0.29) is 11.5 Å². The Bertz CT molecular complexity index is 417. The second-order valence-electron chi connectivity index (χ2n) is 4.32. The quantitative estimate of drug-likeness (QED) is 0.743. The maximum absolute atomic E-state index is 6.45. The SMILES string of the molecule is COc1cc(Cl)c(C(Cl)C2CCCCO2)cc1Cl. The van der Waals surface area contributed by atoms with E-state index in [0.29, 0.717) is 15.8 Å². The summed E-state index contributed by atoms with van der Waals surface area (Å²) in [6.07, 6.45) is 3.18. The fourth-order valence-electron chi connectivity index (χ4n) is 2.11. The molecule has 100 valence electrons. The molecule has 0 aliphatic carbocycles. The minimum Gasteiger partial charge on any atom is -0.495 e. The molecule has 0 aromatic heterocycles. The van der Waals surface area contributed by atoms with Crippen molar-refractivity contribution in [2.24, 2.45) is 0 Å². The molecule has 0 radical (unpaired) electrons. The van der Waals surface area contributed by atoms with Crippen molar-refractivity contribution in [3.63, 3.8) is 0 Å². The molecular formula is C13H15Cl3O2. The van der Waals surface area contributed by atoms with Gasteiger partial charge in [-0.1, -0.05) is 23.2 Å². The summed E-state index contributed by atoms with van der Waals surface area (Å²) in [7, 11) is 1.56. The van der Waals surface area contributed by atoms with E-state index in [4.69, 9.17) is 44.3 Å². The highest BCUT2D eigenvalue weighted by atomic mass is 35.5. The average Bonchev–Trinajstić information content (AvgIpc) is 2.41. The van der Waals surface area contributed by atoms with Gasteiger partial charge in [0.15, 0.2) is 0 Å². The fraction of sp³-hybridized carbons (Fsp3) is 0.538. The van der Waals surface area contributed by atoms with Crippen LogP contribution in [0.25, 0.3) is 0 Å². The number of benzene rings is 1. The lowest BCUT2D eigenvalue weighted by molar-refractivity contribution is 0.0136. The third-order valence-corrected chi connectivity index (χ3v) is 4.25. The van der Waals surface area contributed by atoms with Gasteiger partial charge in [0.2, 0.25) is 0 Å². The molecule has 1 aliphatic heterocycles. The minimum absolute atomic E-state index is 0.00220. The molecule has 18 heavy (non-hydrogen) atoms. The molecule has 1 aliphatic rings. The van der Waals surface area contributed by atoms with Crippen LogP contribution in [0, 0.1) is 0 Å². The van der Waals surface area contributed by atoms with Gasteiger partial charge in [-0.25, -0.2) is 0 Å². The van der Waals surface area contributed by atoms with Crippen molar-refractivity contribution < 1.29 is 9.47 Å². The predicted molar refractivity (Wildman–Crippen MR) is 75.2 cm³/mol. The zero-order chi connectivity index (χ0) is 13.1. The monoisotopic (exact) mass is 308 g/mol. The third kappa shape index (κ3) is 3.05. The van der Waals surface area contributed by atoms with E-state index < -0.39 is 0 Å². The molecule has 2 unspecified atom stereocenters. The number of ether oxygens (including phenoxy) is 2. The van der Waals surface area contributed by atoms with Crippen LogP contribution in [0.5, 0.6) is 5.75 Å². The van der Waals surface area contributed by atoms with Crippen LogP contribution in [0.15, 0.2) is 12.1 Å². The summed E-state index contributed by atoms with van der Waals surface area (Å²) in [5.74, 6) is 0.554. The maximum Gasteiger partial charge on any atom is 0.138 e. The summed E-state index contributed by atoms with van der Waals surface area (Å²) >= 11 is 18.8. The molecular weight excluding hydrogens is 294 g/mol. The first kappa shape index (κ1) is 14.3. The lowest BCUT2D eigenvalue weighted by Crippen LogP contribution is -2.23. The van der Waals surface area contributed by atoms with Gasteiger partial charge in [-0.05, 0) is 30.9 Å². The van der Waals surface area contributed by atoms with Gasteiger partial charge in [-0.3, -0.25) is 0 Å². The fourth-order valence-corrected chi connectivity index (χ4v) is 3.06. The molecule has 0 saturated carbocycles. The second kappa shape index (κ2) is 6.33. The topological polar surface area (TPSA) is 18.5 Å². The standard InChI is InChI=1S/C13H15Cl3O2/c1-17-12-7-9(14)8(6-10(12)15)13(16)11-4-2-3-5-18-11/h6-7,11,13H,2-5H2,1H3. The second-order valence-corrected chi connectivity index (χ2v) is 5.60. The van der Waals surface area contributed by atoms with E-state index in [9.17, 15) is 0 Å². The van der Waals surface area contributed by atoms with Crippen LogP contribution in [0.3, 0.4) is 0 Å². The third-order valence-electron chi connectivity index (χ3n) is 3.11. The van der Waals surface area contributed by atoms with Crippen LogP contribution in [0.1, 0.15) is 30.2 Å². The molecule has 0 amide bonds. The Morgan fingerprint density at radius 2 is 2.06 bits per heavy atom. The average molecular weight is 310 g/mol. The molecule has 5 heteroatoms. The van der Waals surface area contributed by atoms with Crippen LogP contribution < -0.4 is 4.74 Å². The summed E-state index contributed by atoms with van der Waals surface area (Å²) in [6.45, 7) is 0.759. The Kier molecular flexibility index (Phi) is 5.02. The van der Waals surface area contributed by atoms with E-state index in [1.165, 1.54) is 0 Å². The molecule has 0 N–H and O–H groups in total. The summed E-state index contributed by atoms with van der Waals surface area (Å²) in [4.78, 5) is 0. The van der Waals surface area contributed by atoms with Crippen molar-refractivity contribution in [3.05, 3.63) is 27.7 Å². The van der Waals surface area contributed by atoms with Gasteiger partial charge in [-0.2, -0.15) is 0 Å². The molecule has 2 atom stereocenters. The molecule has 1 heterocycles. The van der Waals surface area contributed by atoms with Gasteiger partial charge < -0.3 is 9.47 Å². The molecule has 1 saturated heterocycles. The zero-order valence-corrected chi connectivity index (χ0v) is 12.4. The van der Waals surface area contributed by atoms with Crippen molar-refractivity contribution in [3.8, 4) is 5.75 Å². The summed E-state index contributed by atoms with van der Waals surface area (Å²) < 4.78 is 10.8. The molecule has 0 spiro atoms. The molecule has 1 aromatic carbocycles. The van der Waals surface area contributed by atoms with Crippen molar-refractivity contribution in [1.82, 2.24) is 0 Å². The number of hydrogen-bond acceptors (Lipinski definition) is 2. The largest absolute Gasteiger partial charge is 0.495 e. The van der Waals surface area contributed by atoms with Gasteiger partial charge in [-0.15, -0.1) is 11.6 Å². The van der Waals surface area contributed by atoms with E-state index in [1.807, 2.05) is 0 Å². The Balaban J connectivity index is 2.23. The highest BCUT2D eigenvalue weighted by Gasteiger charge is 2.26. The molecule has 2 nitrogen and oxygen atoms in total. The molecule has 1 fully saturated rings. The van der Waals surface area contributed by atoms with Crippen molar-refractivity contribution >= 4 is 34.8 Å². The molecule has 2 rings (SSSR count). The van der Waals surface area contributed by atoms with Crippen molar-refractivity contribution in [2.45, 2.75) is 30.7 Å². The highest BCUT2D eigenvalue weighted by Crippen LogP contribution is 2.40. The van der Waals surface area contributed by atoms with Crippen LogP contribution in [0.4, 0.5) is 0 Å². The highest BCUT2D eigenvalue weighted by molar-refractivity contribution is 6.35. The lowest BCUT2D eigenvalue weighted by Gasteiger charge is -2.27. The van der Waals surface area contributed by atoms with E-state index in [1.54, 1.807) is 19.2 Å². The summed E-state index contributed by atoms with van der Waals surface area (Å²) in [6, 6.07) is 3.45. The Morgan fingerprint density at radius 3 is 2.67 bits per heavy atom. The van der Waals surface area contributed by atoms with E-state index >= 15 is 0 Å². The predicted octanol–water partition coefficient (Wildman–Crippen LogP) is 4.85.